The molecular formula is C19H25NO4. The zero-order valence-electron chi connectivity index (χ0n) is 14.4. The van der Waals surface area contributed by atoms with E-state index < -0.39 is 5.60 Å². The first-order valence-electron chi connectivity index (χ1n) is 8.57. The number of hydrogen-bond acceptors (Lipinski definition) is 5. The minimum absolute atomic E-state index is 0.217. The summed E-state index contributed by atoms with van der Waals surface area (Å²) in [6.45, 7) is 0.750. The summed E-state index contributed by atoms with van der Waals surface area (Å²) in [4.78, 5) is 11.7. The Bertz CT molecular complexity index is 632. The number of hydrogen-bond donors (Lipinski definition) is 1. The minimum Gasteiger partial charge on any atom is -0.493 e. The number of esters is 1. The van der Waals surface area contributed by atoms with Crippen LogP contribution >= 0.6 is 0 Å². The zero-order chi connectivity index (χ0) is 17.0. The van der Waals surface area contributed by atoms with Gasteiger partial charge in [-0.2, -0.15) is 0 Å². The van der Waals surface area contributed by atoms with Gasteiger partial charge < -0.3 is 19.5 Å². The Labute approximate surface area is 143 Å². The highest BCUT2D eigenvalue weighted by Gasteiger charge is 2.43. The van der Waals surface area contributed by atoms with E-state index in [1.807, 2.05) is 18.2 Å². The lowest BCUT2D eigenvalue weighted by atomic mass is 9.83. The Hall–Kier alpha value is -2.17. The maximum Gasteiger partial charge on any atom is 0.333 e. The lowest BCUT2D eigenvalue weighted by Crippen LogP contribution is -2.40. The third-order valence-electron chi connectivity index (χ3n) is 4.89. The zero-order valence-corrected chi connectivity index (χ0v) is 14.4. The molecule has 5 nitrogen and oxygen atoms in total. The first kappa shape index (κ1) is 16.7. The minimum atomic E-state index is -0.396. The molecular weight excluding hydrogens is 306 g/mol. The van der Waals surface area contributed by atoms with Gasteiger partial charge in [0.15, 0.2) is 17.1 Å². The molecule has 1 aromatic rings. The van der Waals surface area contributed by atoms with E-state index in [1.54, 1.807) is 20.3 Å². The van der Waals surface area contributed by atoms with E-state index in [-0.39, 0.29) is 5.97 Å². The molecule has 2 aliphatic rings. The number of rotatable bonds is 6. The van der Waals surface area contributed by atoms with Gasteiger partial charge in [-0.15, -0.1) is 0 Å². The fourth-order valence-corrected chi connectivity index (χ4v) is 3.61. The van der Waals surface area contributed by atoms with Crippen LogP contribution in [0, 0.1) is 0 Å². The van der Waals surface area contributed by atoms with Gasteiger partial charge in [-0.25, -0.2) is 4.79 Å². The van der Waals surface area contributed by atoms with E-state index in [0.717, 1.165) is 61.4 Å². The van der Waals surface area contributed by atoms with Gasteiger partial charge in [-0.3, -0.25) is 0 Å². The van der Waals surface area contributed by atoms with Gasteiger partial charge in [0.25, 0.3) is 0 Å². The second kappa shape index (κ2) is 7.16. The van der Waals surface area contributed by atoms with Gasteiger partial charge in [0, 0.05) is 12.6 Å². The van der Waals surface area contributed by atoms with E-state index in [1.165, 1.54) is 6.42 Å². The highest BCUT2D eigenvalue weighted by Crippen LogP contribution is 2.40. The molecule has 1 spiro atoms. The molecule has 0 amide bonds. The van der Waals surface area contributed by atoms with Crippen molar-refractivity contribution in [2.75, 3.05) is 20.8 Å². The van der Waals surface area contributed by atoms with E-state index in [2.05, 4.69) is 5.32 Å². The number of ether oxygens (including phenoxy) is 3. The summed E-state index contributed by atoms with van der Waals surface area (Å²) in [5.74, 6) is 1.25. The Morgan fingerprint density at radius 3 is 2.58 bits per heavy atom. The monoisotopic (exact) mass is 331 g/mol. The van der Waals surface area contributed by atoms with Crippen molar-refractivity contribution in [3.63, 3.8) is 0 Å². The molecule has 1 fully saturated rings. The summed E-state index contributed by atoms with van der Waals surface area (Å²) in [5.41, 5.74) is 1.71. The van der Waals surface area contributed by atoms with Gasteiger partial charge in [-0.1, -0.05) is 12.5 Å². The number of carbonyl (C=O) groups is 1. The summed E-state index contributed by atoms with van der Waals surface area (Å²) in [7, 11) is 3.27. The molecule has 1 N–H and O–H groups in total. The fraction of sp³-hybridized carbons (Fsp3) is 0.526. The summed E-state index contributed by atoms with van der Waals surface area (Å²) >= 11 is 0. The molecule has 0 unspecified atom stereocenters. The lowest BCUT2D eigenvalue weighted by molar-refractivity contribution is -0.148. The van der Waals surface area contributed by atoms with Crippen molar-refractivity contribution in [1.82, 2.24) is 5.32 Å². The third-order valence-corrected chi connectivity index (χ3v) is 4.89. The van der Waals surface area contributed by atoms with Crippen LogP contribution in [0.5, 0.6) is 11.5 Å². The molecule has 5 heteroatoms. The molecule has 1 aromatic carbocycles. The SMILES string of the molecule is COc1ccc(CCNC2=CC(=O)OC23CCCCC3)cc1OC. The van der Waals surface area contributed by atoms with Crippen LogP contribution in [0.4, 0.5) is 0 Å². The van der Waals surface area contributed by atoms with Crippen molar-refractivity contribution in [2.45, 2.75) is 44.1 Å². The van der Waals surface area contributed by atoms with E-state index in [0.29, 0.717) is 0 Å². The number of methoxy groups -OCH3 is 2. The Morgan fingerprint density at radius 1 is 1.12 bits per heavy atom. The summed E-state index contributed by atoms with van der Waals surface area (Å²) in [6.07, 6.45) is 7.76. The molecule has 1 heterocycles. The highest BCUT2D eigenvalue weighted by molar-refractivity contribution is 5.86. The van der Waals surface area contributed by atoms with Crippen molar-refractivity contribution in [2.24, 2.45) is 0 Å². The van der Waals surface area contributed by atoms with E-state index in [4.69, 9.17) is 14.2 Å². The normalized spacial score (nSPS) is 18.9. The highest BCUT2D eigenvalue weighted by atomic mass is 16.6. The van der Waals surface area contributed by atoms with Crippen LogP contribution < -0.4 is 14.8 Å². The molecule has 3 rings (SSSR count). The molecule has 24 heavy (non-hydrogen) atoms. The largest absolute Gasteiger partial charge is 0.493 e. The van der Waals surface area contributed by atoms with Crippen molar-refractivity contribution in [3.05, 3.63) is 35.5 Å². The predicted molar refractivity (Wildman–Crippen MR) is 91.2 cm³/mol. The molecule has 0 atom stereocenters. The van der Waals surface area contributed by atoms with Gasteiger partial charge >= 0.3 is 5.97 Å². The Morgan fingerprint density at radius 2 is 1.88 bits per heavy atom. The molecule has 0 bridgehead atoms. The lowest BCUT2D eigenvalue weighted by Gasteiger charge is -2.34. The second-order valence-corrected chi connectivity index (χ2v) is 6.40. The fourth-order valence-electron chi connectivity index (χ4n) is 3.61. The van der Waals surface area contributed by atoms with Gasteiger partial charge in [0.2, 0.25) is 0 Å². The first-order valence-corrected chi connectivity index (χ1v) is 8.57. The Kier molecular flexibility index (Phi) is 4.97. The van der Waals surface area contributed by atoms with Crippen molar-refractivity contribution in [1.29, 1.82) is 0 Å². The van der Waals surface area contributed by atoms with Crippen LogP contribution in [0.3, 0.4) is 0 Å². The van der Waals surface area contributed by atoms with Crippen LogP contribution in [0.1, 0.15) is 37.7 Å². The molecule has 0 saturated heterocycles. The molecule has 1 aliphatic heterocycles. The number of carbonyl (C=O) groups excluding carboxylic acids is 1. The second-order valence-electron chi connectivity index (χ2n) is 6.40. The summed E-state index contributed by atoms with van der Waals surface area (Å²) in [6, 6.07) is 5.93. The molecule has 0 aromatic heterocycles. The quantitative estimate of drug-likeness (QED) is 0.812. The van der Waals surface area contributed by atoms with Crippen LogP contribution in [0.25, 0.3) is 0 Å². The van der Waals surface area contributed by atoms with Crippen molar-refractivity contribution < 1.29 is 19.0 Å². The van der Waals surface area contributed by atoms with E-state index >= 15 is 0 Å². The van der Waals surface area contributed by atoms with E-state index in [9.17, 15) is 4.79 Å². The number of nitrogens with one attached hydrogen (secondary N) is 1. The average Bonchev–Trinajstić information content (AvgIpc) is 2.90. The summed E-state index contributed by atoms with van der Waals surface area (Å²) < 4.78 is 16.2. The van der Waals surface area contributed by atoms with Crippen LogP contribution in [0.15, 0.2) is 30.0 Å². The van der Waals surface area contributed by atoms with Gasteiger partial charge in [0.1, 0.15) is 0 Å². The maximum atomic E-state index is 11.7. The smallest absolute Gasteiger partial charge is 0.333 e. The Balaban J connectivity index is 1.61. The van der Waals surface area contributed by atoms with Crippen molar-refractivity contribution in [3.8, 4) is 11.5 Å². The van der Waals surface area contributed by atoms with Crippen molar-refractivity contribution >= 4 is 5.97 Å². The topological polar surface area (TPSA) is 56.8 Å². The van der Waals surface area contributed by atoms with Gasteiger partial charge in [0.05, 0.1) is 19.9 Å². The first-order chi connectivity index (χ1) is 11.7. The predicted octanol–water partition coefficient (Wildman–Crippen LogP) is 2.98. The van der Waals surface area contributed by atoms with Crippen LogP contribution in [-0.2, 0) is 16.0 Å². The van der Waals surface area contributed by atoms with Crippen LogP contribution in [-0.4, -0.2) is 32.3 Å². The average molecular weight is 331 g/mol. The van der Waals surface area contributed by atoms with Crippen LogP contribution in [0.2, 0.25) is 0 Å². The maximum absolute atomic E-state index is 11.7. The third kappa shape index (κ3) is 3.35. The summed E-state index contributed by atoms with van der Waals surface area (Å²) in [5, 5.41) is 3.43. The molecule has 0 radical (unpaired) electrons. The molecule has 1 saturated carbocycles. The molecule has 130 valence electrons. The van der Waals surface area contributed by atoms with Gasteiger partial charge in [-0.05, 0) is 49.8 Å². The molecule has 1 aliphatic carbocycles. The standard InChI is InChI=1S/C19H25NO4/c1-22-15-7-6-14(12-16(15)23-2)8-11-20-17-13-18(21)24-19(17)9-4-3-5-10-19/h6-7,12-13,20H,3-5,8-11H2,1-2H3. The number of benzene rings is 1.